The third-order valence-corrected chi connectivity index (χ3v) is 3.13. The van der Waals surface area contributed by atoms with Gasteiger partial charge >= 0.3 is 0 Å². The largest absolute Gasteiger partial charge is 0.508 e. The number of hydrogen-bond acceptors (Lipinski definition) is 4. The van der Waals surface area contributed by atoms with Crippen LogP contribution in [0.15, 0.2) is 24.3 Å². The number of aromatic hydroxyl groups is 1. The van der Waals surface area contributed by atoms with Crippen molar-refractivity contribution in [1.82, 2.24) is 10.2 Å². The van der Waals surface area contributed by atoms with Gasteiger partial charge in [-0.25, -0.2) is 0 Å². The van der Waals surface area contributed by atoms with Crippen LogP contribution in [0.5, 0.6) is 5.75 Å². The zero-order valence-corrected chi connectivity index (χ0v) is 9.76. The first-order chi connectivity index (χ1) is 8.31. The first kappa shape index (κ1) is 11.9. The highest BCUT2D eigenvalue weighted by Gasteiger charge is 2.21. The van der Waals surface area contributed by atoms with Crippen molar-refractivity contribution in [1.29, 1.82) is 5.26 Å². The van der Waals surface area contributed by atoms with Crippen molar-refractivity contribution in [3.63, 3.8) is 0 Å². The molecule has 1 aromatic rings. The summed E-state index contributed by atoms with van der Waals surface area (Å²) < 4.78 is 0. The second-order valence-corrected chi connectivity index (χ2v) is 4.26. The average molecular weight is 231 g/mol. The van der Waals surface area contributed by atoms with E-state index in [1.807, 2.05) is 12.1 Å². The fourth-order valence-corrected chi connectivity index (χ4v) is 2.27. The van der Waals surface area contributed by atoms with Crippen molar-refractivity contribution < 1.29 is 5.11 Å². The molecule has 2 rings (SSSR count). The summed E-state index contributed by atoms with van der Waals surface area (Å²) in [6.07, 6.45) is 0.462. The molecule has 1 heterocycles. The molecule has 1 saturated heterocycles. The van der Waals surface area contributed by atoms with Crippen LogP contribution in [0.3, 0.4) is 0 Å². The van der Waals surface area contributed by atoms with Crippen LogP contribution in [0.25, 0.3) is 0 Å². The van der Waals surface area contributed by atoms with Crippen molar-refractivity contribution in [2.75, 3.05) is 26.2 Å². The van der Waals surface area contributed by atoms with E-state index in [1.54, 1.807) is 12.1 Å². The molecule has 0 saturated carbocycles. The molecule has 17 heavy (non-hydrogen) atoms. The topological polar surface area (TPSA) is 59.3 Å². The molecule has 0 radical (unpaired) electrons. The summed E-state index contributed by atoms with van der Waals surface area (Å²) in [4.78, 5) is 2.30. The van der Waals surface area contributed by atoms with Gasteiger partial charge in [-0.2, -0.15) is 5.26 Å². The fraction of sp³-hybridized carbons (Fsp3) is 0.462. The summed E-state index contributed by atoms with van der Waals surface area (Å²) in [5, 5.41) is 21.8. The van der Waals surface area contributed by atoms with E-state index in [2.05, 4.69) is 16.3 Å². The quantitative estimate of drug-likeness (QED) is 0.822. The highest BCUT2D eigenvalue weighted by molar-refractivity contribution is 5.30. The van der Waals surface area contributed by atoms with Crippen molar-refractivity contribution in [3.05, 3.63) is 29.8 Å². The summed E-state index contributed by atoms with van der Waals surface area (Å²) in [6.45, 7) is 3.81. The minimum atomic E-state index is 0.0919. The number of nitrogens with zero attached hydrogens (tertiary/aromatic N) is 2. The highest BCUT2D eigenvalue weighted by Crippen LogP contribution is 2.26. The number of phenols is 1. The Hall–Kier alpha value is -1.57. The lowest BCUT2D eigenvalue weighted by Crippen LogP contribution is -2.45. The normalized spacial score (nSPS) is 18.5. The average Bonchev–Trinajstić information content (AvgIpc) is 2.37. The predicted octanol–water partition coefficient (Wildman–Crippen LogP) is 1.25. The Bertz CT molecular complexity index is 407. The van der Waals surface area contributed by atoms with Crippen LogP contribution in [-0.4, -0.2) is 36.2 Å². The third kappa shape index (κ3) is 2.96. The van der Waals surface area contributed by atoms with Gasteiger partial charge in [-0.15, -0.1) is 0 Å². The Morgan fingerprint density at radius 1 is 1.41 bits per heavy atom. The smallest absolute Gasteiger partial charge is 0.115 e. The van der Waals surface area contributed by atoms with E-state index in [-0.39, 0.29) is 11.8 Å². The van der Waals surface area contributed by atoms with Gasteiger partial charge in [0.2, 0.25) is 0 Å². The number of phenolic OH excluding ortho intramolecular Hbond substituents is 1. The molecule has 0 aliphatic carbocycles. The van der Waals surface area contributed by atoms with Gasteiger partial charge in [0.1, 0.15) is 5.75 Å². The van der Waals surface area contributed by atoms with Crippen LogP contribution in [0.4, 0.5) is 0 Å². The number of benzene rings is 1. The molecule has 1 atom stereocenters. The second-order valence-electron chi connectivity index (χ2n) is 4.26. The SMILES string of the molecule is N#CC[C@H](c1cccc(O)c1)N1CCNCC1. The van der Waals surface area contributed by atoms with Crippen LogP contribution in [-0.2, 0) is 0 Å². The van der Waals surface area contributed by atoms with Gasteiger partial charge in [0.25, 0.3) is 0 Å². The summed E-state index contributed by atoms with van der Waals surface area (Å²) in [6, 6.07) is 9.55. The maximum absolute atomic E-state index is 9.51. The molecule has 4 nitrogen and oxygen atoms in total. The maximum atomic E-state index is 9.51. The van der Waals surface area contributed by atoms with Gasteiger partial charge in [0, 0.05) is 32.2 Å². The number of hydrogen-bond donors (Lipinski definition) is 2. The Balaban J connectivity index is 2.19. The van der Waals surface area contributed by atoms with E-state index in [1.165, 1.54) is 0 Å². The summed E-state index contributed by atoms with van der Waals surface area (Å²) in [5.74, 6) is 0.264. The van der Waals surface area contributed by atoms with Crippen LogP contribution in [0.2, 0.25) is 0 Å². The molecule has 0 amide bonds. The van der Waals surface area contributed by atoms with E-state index in [0.717, 1.165) is 31.7 Å². The Morgan fingerprint density at radius 3 is 2.82 bits per heavy atom. The lowest BCUT2D eigenvalue weighted by molar-refractivity contribution is 0.175. The van der Waals surface area contributed by atoms with E-state index in [0.29, 0.717) is 6.42 Å². The molecule has 1 aliphatic rings. The van der Waals surface area contributed by atoms with Crippen molar-refractivity contribution in [3.8, 4) is 11.8 Å². The minimum Gasteiger partial charge on any atom is -0.508 e. The molecule has 90 valence electrons. The van der Waals surface area contributed by atoms with E-state index < -0.39 is 0 Å². The standard InChI is InChI=1S/C13H17N3O/c14-5-4-13(16-8-6-15-7-9-16)11-2-1-3-12(17)10-11/h1-3,10,13,15,17H,4,6-9H2/t13-/m1/s1. The fourth-order valence-electron chi connectivity index (χ4n) is 2.27. The molecular weight excluding hydrogens is 214 g/mol. The van der Waals surface area contributed by atoms with Gasteiger partial charge in [0.15, 0.2) is 0 Å². The third-order valence-electron chi connectivity index (χ3n) is 3.13. The Morgan fingerprint density at radius 2 is 2.18 bits per heavy atom. The van der Waals surface area contributed by atoms with E-state index in [4.69, 9.17) is 5.26 Å². The lowest BCUT2D eigenvalue weighted by Gasteiger charge is -2.34. The van der Waals surface area contributed by atoms with Gasteiger partial charge in [-0.1, -0.05) is 12.1 Å². The first-order valence-electron chi connectivity index (χ1n) is 5.92. The summed E-state index contributed by atoms with van der Waals surface area (Å²) in [5.41, 5.74) is 1.02. The number of rotatable bonds is 3. The zero-order valence-electron chi connectivity index (χ0n) is 9.76. The second kappa shape index (κ2) is 5.67. The van der Waals surface area contributed by atoms with Gasteiger partial charge in [-0.3, -0.25) is 4.90 Å². The van der Waals surface area contributed by atoms with Gasteiger partial charge in [0.05, 0.1) is 12.5 Å². The van der Waals surface area contributed by atoms with Crippen LogP contribution >= 0.6 is 0 Å². The molecule has 0 bridgehead atoms. The molecular formula is C13H17N3O. The number of piperazine rings is 1. The monoisotopic (exact) mass is 231 g/mol. The zero-order chi connectivity index (χ0) is 12.1. The van der Waals surface area contributed by atoms with E-state index >= 15 is 0 Å². The number of nitriles is 1. The molecule has 4 heteroatoms. The Kier molecular flexibility index (Phi) is 3.97. The maximum Gasteiger partial charge on any atom is 0.115 e. The van der Waals surface area contributed by atoms with Crippen LogP contribution in [0.1, 0.15) is 18.0 Å². The summed E-state index contributed by atoms with van der Waals surface area (Å²) >= 11 is 0. The molecule has 1 fully saturated rings. The molecule has 0 unspecified atom stereocenters. The molecule has 2 N–H and O–H groups in total. The Labute approximate surface area is 101 Å². The van der Waals surface area contributed by atoms with Gasteiger partial charge in [-0.05, 0) is 17.7 Å². The molecule has 1 aromatic carbocycles. The van der Waals surface area contributed by atoms with E-state index in [9.17, 15) is 5.11 Å². The molecule has 1 aliphatic heterocycles. The predicted molar refractivity (Wildman–Crippen MR) is 65.5 cm³/mol. The van der Waals surface area contributed by atoms with Gasteiger partial charge < -0.3 is 10.4 Å². The van der Waals surface area contributed by atoms with Crippen molar-refractivity contribution in [2.45, 2.75) is 12.5 Å². The van der Waals surface area contributed by atoms with Crippen molar-refractivity contribution >= 4 is 0 Å². The highest BCUT2D eigenvalue weighted by atomic mass is 16.3. The minimum absolute atomic E-state index is 0.0919. The molecule has 0 aromatic heterocycles. The van der Waals surface area contributed by atoms with Crippen molar-refractivity contribution in [2.24, 2.45) is 0 Å². The van der Waals surface area contributed by atoms with Crippen LogP contribution in [0, 0.1) is 11.3 Å². The molecule has 0 spiro atoms. The first-order valence-corrected chi connectivity index (χ1v) is 5.92. The number of nitrogens with one attached hydrogen (secondary N) is 1. The lowest BCUT2D eigenvalue weighted by atomic mass is 10.0. The summed E-state index contributed by atoms with van der Waals surface area (Å²) in [7, 11) is 0. The van der Waals surface area contributed by atoms with Crippen LogP contribution < -0.4 is 5.32 Å².